The van der Waals surface area contributed by atoms with E-state index in [1.165, 1.54) is 17.3 Å². The summed E-state index contributed by atoms with van der Waals surface area (Å²) in [5.74, 6) is 0. The van der Waals surface area contributed by atoms with Crippen molar-refractivity contribution in [2.45, 2.75) is 0 Å². The third-order valence-corrected chi connectivity index (χ3v) is 0.575. The van der Waals surface area contributed by atoms with Gasteiger partial charge in [0, 0.05) is 0 Å². The van der Waals surface area contributed by atoms with Crippen LogP contribution in [0.1, 0.15) is 0 Å². The minimum atomic E-state index is 1.23. The molecule has 0 atom stereocenters. The van der Waals surface area contributed by atoms with E-state index in [0.717, 1.165) is 0 Å². The Kier molecular flexibility index (Phi) is 1.18. The van der Waals surface area contributed by atoms with Crippen LogP contribution in [0.2, 0.25) is 0 Å². The van der Waals surface area contributed by atoms with Crippen molar-refractivity contribution in [1.82, 2.24) is 14.9 Å². The minimum Gasteiger partial charge on any atom is -0.212 e. The second-order valence-electron chi connectivity index (χ2n) is 1.06. The molecule has 0 aromatic carbocycles. The molecule has 0 spiro atoms. The molecule has 1 aromatic heterocycles. The van der Waals surface area contributed by atoms with Crippen molar-refractivity contribution in [3.8, 4) is 0 Å². The second kappa shape index (κ2) is 2.01. The van der Waals surface area contributed by atoms with E-state index in [4.69, 9.17) is 0 Å². The summed E-state index contributed by atoms with van der Waals surface area (Å²) in [5.41, 5.74) is 2.05. The van der Waals surface area contributed by atoms with Crippen molar-refractivity contribution in [2.24, 2.45) is 5.29 Å². The molecule has 0 amide bonds. The van der Waals surface area contributed by atoms with Gasteiger partial charge in [-0.1, -0.05) is 0 Å². The van der Waals surface area contributed by atoms with Crippen molar-refractivity contribution in [3.05, 3.63) is 17.6 Å². The monoisotopic (exact) mass is 113 g/mol. The summed E-state index contributed by atoms with van der Waals surface area (Å²) in [6.45, 7) is 0. The standard InChI is InChI=1S/C2H3N5O/c8-6-5-7-1-3-4-2-7/h1-2H,(H,5,8). The van der Waals surface area contributed by atoms with Crippen LogP contribution < -0.4 is 5.53 Å². The molecule has 1 aromatic rings. The first-order valence-electron chi connectivity index (χ1n) is 1.86. The molecule has 0 bridgehead atoms. The molecule has 0 saturated heterocycles. The molecular weight excluding hydrogens is 110 g/mol. The molecule has 0 saturated carbocycles. The molecule has 8 heavy (non-hydrogen) atoms. The van der Waals surface area contributed by atoms with E-state index in [9.17, 15) is 4.91 Å². The zero-order chi connectivity index (χ0) is 5.82. The maximum atomic E-state index is 9.43. The predicted molar refractivity (Wildman–Crippen MR) is 25.2 cm³/mol. The van der Waals surface area contributed by atoms with E-state index in [-0.39, 0.29) is 0 Å². The van der Waals surface area contributed by atoms with Gasteiger partial charge in [0.25, 0.3) is 0 Å². The highest BCUT2D eigenvalue weighted by Crippen LogP contribution is 1.71. The van der Waals surface area contributed by atoms with Crippen molar-refractivity contribution in [3.63, 3.8) is 0 Å². The van der Waals surface area contributed by atoms with Gasteiger partial charge in [-0.2, -0.15) is 5.53 Å². The fourth-order valence-corrected chi connectivity index (χ4v) is 0.299. The van der Waals surface area contributed by atoms with Crippen LogP contribution in [-0.2, 0) is 0 Å². The zero-order valence-corrected chi connectivity index (χ0v) is 3.85. The molecule has 1 heterocycles. The molecular formula is C2H3N5O. The van der Waals surface area contributed by atoms with Gasteiger partial charge in [-0.3, -0.25) is 0 Å². The van der Waals surface area contributed by atoms with Gasteiger partial charge in [0.2, 0.25) is 0 Å². The molecule has 0 aliphatic carbocycles. The van der Waals surface area contributed by atoms with Crippen LogP contribution in [0.3, 0.4) is 0 Å². The Balaban J connectivity index is 2.62. The van der Waals surface area contributed by atoms with Crippen LogP contribution in [-0.4, -0.2) is 14.9 Å². The lowest BCUT2D eigenvalue weighted by Gasteiger charge is -1.88. The normalized spacial score (nSPS) is 8.50. The van der Waals surface area contributed by atoms with Crippen LogP contribution in [0.4, 0.5) is 0 Å². The summed E-state index contributed by atoms with van der Waals surface area (Å²) in [6, 6.07) is 0. The van der Waals surface area contributed by atoms with Crippen molar-refractivity contribution in [2.75, 3.05) is 5.53 Å². The summed E-state index contributed by atoms with van der Waals surface area (Å²) in [4.78, 5) is 9.43. The molecule has 0 unspecified atom stereocenters. The van der Waals surface area contributed by atoms with Crippen molar-refractivity contribution < 1.29 is 0 Å². The fraction of sp³-hybridized carbons (Fsp3) is 0. The third kappa shape index (κ3) is 0.780. The lowest BCUT2D eigenvalue weighted by Crippen LogP contribution is -2.02. The number of hydrogen-bond donors (Lipinski definition) is 1. The zero-order valence-electron chi connectivity index (χ0n) is 3.85. The Morgan fingerprint density at radius 3 is 2.62 bits per heavy atom. The number of nitrogens with one attached hydrogen (secondary N) is 1. The van der Waals surface area contributed by atoms with E-state index in [0.29, 0.717) is 0 Å². The third-order valence-electron chi connectivity index (χ3n) is 0.575. The van der Waals surface area contributed by atoms with Gasteiger partial charge in [0.1, 0.15) is 12.7 Å². The van der Waals surface area contributed by atoms with Gasteiger partial charge in [-0.15, -0.1) is 15.1 Å². The number of nitrogens with zero attached hydrogens (tertiary/aromatic N) is 4. The van der Waals surface area contributed by atoms with Crippen LogP contribution in [0.5, 0.6) is 0 Å². The number of rotatable bonds is 2. The first kappa shape index (κ1) is 4.69. The Hall–Kier alpha value is -1.46. The smallest absolute Gasteiger partial charge is 0.140 e. The highest BCUT2D eigenvalue weighted by Gasteiger charge is 1.81. The number of nitroso groups, excluding NO2 is 1. The quantitative estimate of drug-likeness (QED) is 0.414. The SMILES string of the molecule is O=NNn1cnnc1. The largest absolute Gasteiger partial charge is 0.212 e. The summed E-state index contributed by atoms with van der Waals surface area (Å²) >= 11 is 0. The van der Waals surface area contributed by atoms with E-state index in [1.54, 1.807) is 0 Å². The highest BCUT2D eigenvalue weighted by atomic mass is 16.3. The van der Waals surface area contributed by atoms with E-state index < -0.39 is 0 Å². The maximum absolute atomic E-state index is 9.43. The molecule has 0 fully saturated rings. The summed E-state index contributed by atoms with van der Waals surface area (Å²) < 4.78 is 1.23. The van der Waals surface area contributed by atoms with Gasteiger partial charge in [-0.25, -0.2) is 4.68 Å². The summed E-state index contributed by atoms with van der Waals surface area (Å²) in [7, 11) is 0. The van der Waals surface area contributed by atoms with Crippen molar-refractivity contribution >= 4 is 0 Å². The van der Waals surface area contributed by atoms with Gasteiger partial charge in [0.15, 0.2) is 0 Å². The molecule has 0 aliphatic rings. The first-order chi connectivity index (χ1) is 3.93. The van der Waals surface area contributed by atoms with E-state index in [1.807, 2.05) is 5.53 Å². The topological polar surface area (TPSA) is 72.2 Å². The number of aromatic nitrogens is 3. The van der Waals surface area contributed by atoms with E-state index >= 15 is 0 Å². The average molecular weight is 113 g/mol. The van der Waals surface area contributed by atoms with Gasteiger partial charge >= 0.3 is 0 Å². The van der Waals surface area contributed by atoms with Crippen LogP contribution in [0.15, 0.2) is 17.9 Å². The second-order valence-corrected chi connectivity index (χ2v) is 1.06. The Morgan fingerprint density at radius 2 is 2.12 bits per heavy atom. The first-order valence-corrected chi connectivity index (χ1v) is 1.86. The van der Waals surface area contributed by atoms with Gasteiger partial charge < -0.3 is 0 Å². The van der Waals surface area contributed by atoms with Crippen LogP contribution in [0.25, 0.3) is 0 Å². The Bertz CT molecular complexity index is 157. The highest BCUT2D eigenvalue weighted by molar-refractivity contribution is 4.64. The molecule has 1 rings (SSSR count). The van der Waals surface area contributed by atoms with E-state index in [2.05, 4.69) is 15.5 Å². The van der Waals surface area contributed by atoms with Crippen molar-refractivity contribution in [1.29, 1.82) is 0 Å². The fourth-order valence-electron chi connectivity index (χ4n) is 0.299. The molecule has 42 valence electrons. The maximum Gasteiger partial charge on any atom is 0.140 e. The molecule has 1 N–H and O–H groups in total. The van der Waals surface area contributed by atoms with Crippen LogP contribution in [0, 0.1) is 4.91 Å². The Morgan fingerprint density at radius 1 is 1.50 bits per heavy atom. The average Bonchev–Trinajstić information content (AvgIpc) is 2.19. The van der Waals surface area contributed by atoms with Crippen LogP contribution >= 0.6 is 0 Å². The van der Waals surface area contributed by atoms with Gasteiger partial charge in [0.05, 0.1) is 5.29 Å². The molecule has 6 heteroatoms. The lowest BCUT2D eigenvalue weighted by atomic mass is 11.3. The Labute approximate surface area is 44.4 Å². The molecule has 0 radical (unpaired) electrons. The summed E-state index contributed by atoms with van der Waals surface area (Å²) in [5, 5.41) is 9.15. The summed E-state index contributed by atoms with van der Waals surface area (Å²) in [6.07, 6.45) is 2.64. The molecule has 0 aliphatic heterocycles. The predicted octanol–water partition coefficient (Wildman–Crippen LogP) is -0.497. The lowest BCUT2D eigenvalue weighted by molar-refractivity contribution is 0.871. The minimum absolute atomic E-state index is 1.23. The number of hydrogen-bond acceptors (Lipinski definition) is 4. The molecule has 6 nitrogen and oxygen atoms in total. The van der Waals surface area contributed by atoms with Gasteiger partial charge in [-0.05, 0) is 0 Å².